The van der Waals surface area contributed by atoms with Gasteiger partial charge in [0.1, 0.15) is 17.7 Å². The molecule has 0 spiro atoms. The minimum atomic E-state index is -0.548. The minimum Gasteiger partial charge on any atom is -0.493 e. The van der Waals surface area contributed by atoms with Gasteiger partial charge in [-0.3, -0.25) is 4.79 Å². The first-order valence-electron chi connectivity index (χ1n) is 10.0. The molecule has 0 radical (unpaired) electrons. The molecule has 0 aliphatic carbocycles. The van der Waals surface area contributed by atoms with Crippen LogP contribution in [0.3, 0.4) is 0 Å². The molecule has 168 valence electrons. The third-order valence-electron chi connectivity index (χ3n) is 4.64. The number of hydrogen-bond acceptors (Lipinski definition) is 4. The number of aromatic nitrogens is 2. The van der Waals surface area contributed by atoms with Crippen LogP contribution >= 0.6 is 11.6 Å². The number of nitrogens with one attached hydrogen (secondary N) is 1. The normalized spacial score (nSPS) is 12.2. The molecule has 1 unspecified atom stereocenters. The van der Waals surface area contributed by atoms with Crippen molar-refractivity contribution in [2.24, 2.45) is 7.05 Å². The van der Waals surface area contributed by atoms with Crippen LogP contribution in [0.4, 0.5) is 4.39 Å². The summed E-state index contributed by atoms with van der Waals surface area (Å²) in [6, 6.07) is 8.83. The van der Waals surface area contributed by atoms with Crippen molar-refractivity contribution in [1.82, 2.24) is 14.9 Å². The maximum absolute atomic E-state index is 13.4. The Balaban J connectivity index is 1.83. The fourth-order valence-electron chi connectivity index (χ4n) is 3.16. The van der Waals surface area contributed by atoms with Crippen LogP contribution in [-0.4, -0.2) is 28.7 Å². The molecule has 0 aliphatic rings. The summed E-state index contributed by atoms with van der Waals surface area (Å²) in [5.74, 6) is 0.854. The Morgan fingerprint density at radius 3 is 2.56 bits per heavy atom. The van der Waals surface area contributed by atoms with Crippen molar-refractivity contribution < 1.29 is 18.7 Å². The van der Waals surface area contributed by atoms with Gasteiger partial charge in [-0.05, 0) is 55.3 Å². The van der Waals surface area contributed by atoms with Crippen molar-refractivity contribution in [2.45, 2.75) is 26.0 Å². The summed E-state index contributed by atoms with van der Waals surface area (Å²) < 4.78 is 26.3. The molecule has 0 aliphatic heterocycles. The monoisotopic (exact) mass is 457 g/mol. The van der Waals surface area contributed by atoms with Crippen molar-refractivity contribution in [3.8, 4) is 11.5 Å². The molecular formula is C24H25ClFN3O3. The molecule has 3 aromatic rings. The maximum atomic E-state index is 13.4. The number of rotatable bonds is 8. The predicted molar refractivity (Wildman–Crippen MR) is 122 cm³/mol. The number of ether oxygens (including phenoxy) is 2. The van der Waals surface area contributed by atoms with E-state index in [4.69, 9.17) is 21.1 Å². The van der Waals surface area contributed by atoms with E-state index in [1.165, 1.54) is 25.3 Å². The lowest BCUT2D eigenvalue weighted by molar-refractivity contribution is -0.117. The molecule has 1 N–H and O–H groups in total. The van der Waals surface area contributed by atoms with Gasteiger partial charge in [0.05, 0.1) is 18.2 Å². The van der Waals surface area contributed by atoms with Gasteiger partial charge in [-0.15, -0.1) is 0 Å². The lowest BCUT2D eigenvalue weighted by atomic mass is 10.1. The number of hydrogen-bond donors (Lipinski definition) is 1. The minimum absolute atomic E-state index is 0.0666. The second-order valence-electron chi connectivity index (χ2n) is 7.42. The zero-order chi connectivity index (χ0) is 23.3. The van der Waals surface area contributed by atoms with Crippen molar-refractivity contribution in [3.63, 3.8) is 0 Å². The van der Waals surface area contributed by atoms with Crippen molar-refractivity contribution in [2.75, 3.05) is 7.11 Å². The highest BCUT2D eigenvalue weighted by Crippen LogP contribution is 2.37. The first-order chi connectivity index (χ1) is 15.3. The molecule has 8 heteroatoms. The van der Waals surface area contributed by atoms with E-state index in [1.807, 2.05) is 20.9 Å². The van der Waals surface area contributed by atoms with Gasteiger partial charge in [-0.1, -0.05) is 23.7 Å². The third-order valence-corrected chi connectivity index (χ3v) is 4.92. The molecule has 2 aromatic carbocycles. The van der Waals surface area contributed by atoms with Crippen molar-refractivity contribution in [3.05, 3.63) is 82.7 Å². The molecule has 6 nitrogen and oxygen atoms in total. The zero-order valence-corrected chi connectivity index (χ0v) is 19.1. The maximum Gasteiger partial charge on any atom is 0.244 e. The van der Waals surface area contributed by atoms with E-state index in [9.17, 15) is 9.18 Å². The molecule has 0 saturated carbocycles. The van der Waals surface area contributed by atoms with Gasteiger partial charge >= 0.3 is 0 Å². The van der Waals surface area contributed by atoms with Crippen LogP contribution in [0.5, 0.6) is 11.5 Å². The SMILES string of the molecule is COc1cc(/C=C/C(=O)NC(c2ccc(F)cc2)c2nccn2C)cc(Cl)c1OC(C)C. The largest absolute Gasteiger partial charge is 0.493 e. The van der Waals surface area contributed by atoms with Crippen LogP contribution < -0.4 is 14.8 Å². The number of carbonyl (C=O) groups excluding carboxylic acids is 1. The molecule has 0 saturated heterocycles. The molecular weight excluding hydrogens is 433 g/mol. The van der Waals surface area contributed by atoms with E-state index in [0.717, 1.165) is 0 Å². The number of benzene rings is 2. The number of methoxy groups -OCH3 is 1. The summed E-state index contributed by atoms with van der Waals surface area (Å²) in [6.45, 7) is 3.79. The predicted octanol–water partition coefficient (Wildman–Crippen LogP) is 4.93. The molecule has 3 rings (SSSR count). The lowest BCUT2D eigenvalue weighted by Gasteiger charge is -2.18. The van der Waals surface area contributed by atoms with E-state index >= 15 is 0 Å². The van der Waals surface area contributed by atoms with E-state index < -0.39 is 6.04 Å². The quantitative estimate of drug-likeness (QED) is 0.487. The number of nitrogens with zero attached hydrogens (tertiary/aromatic N) is 2. The Bertz CT molecular complexity index is 1110. The number of amides is 1. The standard InChI is InChI=1S/C24H25ClFN3O3/c1-15(2)32-23-19(25)13-16(14-20(23)31-4)5-10-21(30)28-22(24-27-11-12-29(24)3)17-6-8-18(26)9-7-17/h5-15,22H,1-4H3,(H,28,30)/b10-5+. The van der Waals surface area contributed by atoms with Gasteiger partial charge in [-0.25, -0.2) is 9.37 Å². The lowest BCUT2D eigenvalue weighted by Crippen LogP contribution is -2.29. The molecule has 1 atom stereocenters. The second-order valence-corrected chi connectivity index (χ2v) is 7.83. The molecule has 0 bridgehead atoms. The summed E-state index contributed by atoms with van der Waals surface area (Å²) in [6.07, 6.45) is 6.38. The molecule has 32 heavy (non-hydrogen) atoms. The van der Waals surface area contributed by atoms with Crippen LogP contribution in [0.2, 0.25) is 5.02 Å². The fraction of sp³-hybridized carbons (Fsp3) is 0.250. The second kappa shape index (κ2) is 10.3. The van der Waals surface area contributed by atoms with E-state index in [0.29, 0.717) is 33.5 Å². The first kappa shape index (κ1) is 23.3. The molecule has 1 heterocycles. The number of carbonyl (C=O) groups is 1. The third kappa shape index (κ3) is 5.68. The van der Waals surface area contributed by atoms with E-state index in [2.05, 4.69) is 10.3 Å². The van der Waals surface area contributed by atoms with Crippen LogP contribution in [-0.2, 0) is 11.8 Å². The highest BCUT2D eigenvalue weighted by molar-refractivity contribution is 6.32. The van der Waals surface area contributed by atoms with Gasteiger partial charge < -0.3 is 19.4 Å². The summed E-state index contributed by atoms with van der Waals surface area (Å²) in [5.41, 5.74) is 1.38. The number of imidazole rings is 1. The fourth-order valence-corrected chi connectivity index (χ4v) is 3.42. The average Bonchev–Trinajstić information content (AvgIpc) is 3.18. The van der Waals surface area contributed by atoms with Gasteiger partial charge in [0.25, 0.3) is 0 Å². The molecule has 0 fully saturated rings. The average molecular weight is 458 g/mol. The van der Waals surface area contributed by atoms with Gasteiger partial charge in [-0.2, -0.15) is 0 Å². The summed E-state index contributed by atoms with van der Waals surface area (Å²) in [7, 11) is 3.36. The van der Waals surface area contributed by atoms with Crippen LogP contribution in [0, 0.1) is 5.82 Å². The summed E-state index contributed by atoms with van der Waals surface area (Å²) in [5, 5.41) is 3.31. The summed E-state index contributed by atoms with van der Waals surface area (Å²) >= 11 is 6.35. The Morgan fingerprint density at radius 2 is 1.97 bits per heavy atom. The Morgan fingerprint density at radius 1 is 1.25 bits per heavy atom. The topological polar surface area (TPSA) is 65.4 Å². The first-order valence-corrected chi connectivity index (χ1v) is 10.4. The number of aryl methyl sites for hydroxylation is 1. The van der Waals surface area contributed by atoms with Gasteiger partial charge in [0, 0.05) is 25.5 Å². The highest BCUT2D eigenvalue weighted by Gasteiger charge is 2.20. The van der Waals surface area contributed by atoms with Crippen LogP contribution in [0.1, 0.15) is 36.8 Å². The van der Waals surface area contributed by atoms with E-state index in [-0.39, 0.29) is 17.8 Å². The van der Waals surface area contributed by atoms with Crippen LogP contribution in [0.25, 0.3) is 6.08 Å². The summed E-state index contributed by atoms with van der Waals surface area (Å²) in [4.78, 5) is 17.1. The Hall–Kier alpha value is -3.32. The van der Waals surface area contributed by atoms with E-state index in [1.54, 1.807) is 47.3 Å². The molecule has 1 amide bonds. The zero-order valence-electron chi connectivity index (χ0n) is 18.3. The van der Waals surface area contributed by atoms with Crippen molar-refractivity contribution in [1.29, 1.82) is 0 Å². The van der Waals surface area contributed by atoms with Crippen molar-refractivity contribution >= 4 is 23.6 Å². The Kier molecular flexibility index (Phi) is 7.53. The van der Waals surface area contributed by atoms with Gasteiger partial charge in [0.2, 0.25) is 5.91 Å². The number of halogens is 2. The van der Waals surface area contributed by atoms with Gasteiger partial charge in [0.15, 0.2) is 11.5 Å². The highest BCUT2D eigenvalue weighted by atomic mass is 35.5. The smallest absolute Gasteiger partial charge is 0.244 e. The molecule has 1 aromatic heterocycles. The Labute approximate surface area is 191 Å². The van der Waals surface area contributed by atoms with Crippen LogP contribution in [0.15, 0.2) is 54.9 Å².